The van der Waals surface area contributed by atoms with Crippen LogP contribution in [0.4, 0.5) is 0 Å². The summed E-state index contributed by atoms with van der Waals surface area (Å²) in [6.45, 7) is 0. The average molecular weight is 257 g/mol. The zero-order valence-electron chi connectivity index (χ0n) is 9.38. The Labute approximate surface area is 109 Å². The molecule has 0 spiro atoms. The molecule has 0 fully saturated rings. The summed E-state index contributed by atoms with van der Waals surface area (Å²) in [4.78, 5) is 0. The van der Waals surface area contributed by atoms with Crippen LogP contribution in [-0.2, 0) is 0 Å². The summed E-state index contributed by atoms with van der Waals surface area (Å²) in [6, 6.07) is 15.3. The third kappa shape index (κ3) is 2.00. The number of rotatable bonds is 2. The zero-order valence-corrected chi connectivity index (χ0v) is 10.1. The maximum Gasteiger partial charge on any atom is 0.152 e. The van der Waals surface area contributed by atoms with Crippen LogP contribution >= 0.6 is 11.6 Å². The minimum atomic E-state index is 0.348. The fourth-order valence-corrected chi connectivity index (χ4v) is 1.94. The van der Waals surface area contributed by atoms with Gasteiger partial charge in [-0.25, -0.2) is 0 Å². The van der Waals surface area contributed by atoms with Gasteiger partial charge in [-0.2, -0.15) is 0 Å². The van der Waals surface area contributed by atoms with Crippen LogP contribution in [0.15, 0.2) is 59.2 Å². The molecule has 2 heterocycles. The molecule has 0 N–H and O–H groups in total. The molecule has 0 saturated carbocycles. The van der Waals surface area contributed by atoms with Gasteiger partial charge in [-0.05, 0) is 18.2 Å². The molecule has 0 amide bonds. The highest BCUT2D eigenvalue weighted by atomic mass is 35.5. The van der Waals surface area contributed by atoms with Crippen LogP contribution in [0.25, 0.3) is 22.6 Å². The minimum absolute atomic E-state index is 0.348. The van der Waals surface area contributed by atoms with Crippen LogP contribution in [0.2, 0.25) is 5.15 Å². The van der Waals surface area contributed by atoms with E-state index in [-0.39, 0.29) is 0 Å². The molecule has 3 rings (SSSR count). The molecule has 2 aromatic heterocycles. The lowest BCUT2D eigenvalue weighted by atomic mass is 10.1. The van der Waals surface area contributed by atoms with Crippen molar-refractivity contribution >= 4 is 11.6 Å². The normalized spacial score (nSPS) is 10.5. The van der Waals surface area contributed by atoms with E-state index in [0.717, 1.165) is 22.6 Å². The van der Waals surface area contributed by atoms with Gasteiger partial charge in [-0.15, -0.1) is 10.2 Å². The van der Waals surface area contributed by atoms with Crippen molar-refractivity contribution < 1.29 is 4.42 Å². The first kappa shape index (κ1) is 11.0. The third-order valence-electron chi connectivity index (χ3n) is 2.60. The molecule has 0 aliphatic heterocycles. The van der Waals surface area contributed by atoms with Crippen molar-refractivity contribution in [3.05, 3.63) is 59.9 Å². The molecule has 1 aromatic carbocycles. The lowest BCUT2D eigenvalue weighted by Gasteiger charge is -2.05. The van der Waals surface area contributed by atoms with Crippen molar-refractivity contribution in [2.24, 2.45) is 0 Å². The largest absolute Gasteiger partial charge is 0.464 e. The summed E-state index contributed by atoms with van der Waals surface area (Å²) >= 11 is 5.91. The number of nitrogens with zero attached hydrogens (tertiary/aromatic N) is 2. The van der Waals surface area contributed by atoms with Crippen LogP contribution in [-0.4, -0.2) is 10.2 Å². The minimum Gasteiger partial charge on any atom is -0.464 e. The predicted molar refractivity (Wildman–Crippen MR) is 70.2 cm³/mol. The first-order valence-electron chi connectivity index (χ1n) is 5.47. The first-order valence-corrected chi connectivity index (χ1v) is 5.85. The Bertz CT molecular complexity index is 651. The van der Waals surface area contributed by atoms with Crippen molar-refractivity contribution in [1.82, 2.24) is 10.2 Å². The van der Waals surface area contributed by atoms with Crippen molar-refractivity contribution in [2.75, 3.05) is 0 Å². The molecular weight excluding hydrogens is 248 g/mol. The maximum atomic E-state index is 5.91. The number of halogens is 1. The molecule has 18 heavy (non-hydrogen) atoms. The van der Waals surface area contributed by atoms with E-state index in [2.05, 4.69) is 10.2 Å². The fourth-order valence-electron chi connectivity index (χ4n) is 1.80. The number of benzene rings is 1. The van der Waals surface area contributed by atoms with Gasteiger partial charge in [-0.1, -0.05) is 41.9 Å². The second kappa shape index (κ2) is 4.63. The van der Waals surface area contributed by atoms with Gasteiger partial charge in [-0.3, -0.25) is 0 Å². The number of hydrogen-bond donors (Lipinski definition) is 0. The van der Waals surface area contributed by atoms with E-state index in [0.29, 0.717) is 5.15 Å². The van der Waals surface area contributed by atoms with E-state index in [1.807, 2.05) is 42.5 Å². The Kier molecular flexibility index (Phi) is 2.82. The molecule has 0 aliphatic rings. The molecule has 0 radical (unpaired) electrons. The molecule has 3 aromatic rings. The summed E-state index contributed by atoms with van der Waals surface area (Å²) in [5.41, 5.74) is 2.58. The summed E-state index contributed by atoms with van der Waals surface area (Å²) in [5, 5.41) is 8.41. The standard InChI is InChI=1S/C14H9ClN2O/c15-13-9-11(12-7-4-8-18-12)14(17-16-13)10-5-2-1-3-6-10/h1-9H. The van der Waals surface area contributed by atoms with E-state index >= 15 is 0 Å². The SMILES string of the molecule is Clc1cc(-c2ccco2)c(-c2ccccc2)nn1. The van der Waals surface area contributed by atoms with Crippen molar-refractivity contribution in [3.63, 3.8) is 0 Å². The Morgan fingerprint density at radius 3 is 2.50 bits per heavy atom. The molecule has 88 valence electrons. The molecule has 4 heteroatoms. The Balaban J connectivity index is 2.21. The summed E-state index contributed by atoms with van der Waals surface area (Å²) in [6.07, 6.45) is 1.62. The van der Waals surface area contributed by atoms with E-state index in [4.69, 9.17) is 16.0 Å². The van der Waals surface area contributed by atoms with Crippen molar-refractivity contribution in [3.8, 4) is 22.6 Å². The van der Waals surface area contributed by atoms with Gasteiger partial charge in [0.2, 0.25) is 0 Å². The summed E-state index contributed by atoms with van der Waals surface area (Å²) < 4.78 is 5.41. The molecule has 0 saturated heterocycles. The van der Waals surface area contributed by atoms with Gasteiger partial charge in [0.15, 0.2) is 5.15 Å². The van der Waals surface area contributed by atoms with Crippen LogP contribution in [0.3, 0.4) is 0 Å². The molecule has 0 aliphatic carbocycles. The van der Waals surface area contributed by atoms with E-state index in [1.54, 1.807) is 12.3 Å². The van der Waals surface area contributed by atoms with Gasteiger partial charge in [0, 0.05) is 11.1 Å². The smallest absolute Gasteiger partial charge is 0.152 e. The van der Waals surface area contributed by atoms with E-state index in [1.165, 1.54) is 0 Å². The average Bonchev–Trinajstić information content (AvgIpc) is 2.93. The topological polar surface area (TPSA) is 38.9 Å². The number of aromatic nitrogens is 2. The molecule has 0 bridgehead atoms. The fraction of sp³-hybridized carbons (Fsp3) is 0. The summed E-state index contributed by atoms with van der Waals surface area (Å²) in [5.74, 6) is 0.727. The van der Waals surface area contributed by atoms with Crippen molar-refractivity contribution in [2.45, 2.75) is 0 Å². The second-order valence-corrected chi connectivity index (χ2v) is 4.16. The van der Waals surface area contributed by atoms with Crippen LogP contribution < -0.4 is 0 Å². The Morgan fingerprint density at radius 1 is 0.944 bits per heavy atom. The quantitative estimate of drug-likeness (QED) is 0.694. The van der Waals surface area contributed by atoms with Gasteiger partial charge < -0.3 is 4.42 Å². The van der Waals surface area contributed by atoms with Gasteiger partial charge in [0.25, 0.3) is 0 Å². The van der Waals surface area contributed by atoms with Gasteiger partial charge in [0.05, 0.1) is 6.26 Å². The second-order valence-electron chi connectivity index (χ2n) is 3.77. The molecule has 3 nitrogen and oxygen atoms in total. The molecular formula is C14H9ClN2O. The lowest BCUT2D eigenvalue weighted by Crippen LogP contribution is -1.92. The lowest BCUT2D eigenvalue weighted by molar-refractivity contribution is 0.582. The van der Waals surface area contributed by atoms with Crippen LogP contribution in [0.5, 0.6) is 0 Å². The monoisotopic (exact) mass is 256 g/mol. The Hall–Kier alpha value is -2.13. The van der Waals surface area contributed by atoms with Crippen LogP contribution in [0.1, 0.15) is 0 Å². The molecule has 0 unspecified atom stereocenters. The highest BCUT2D eigenvalue weighted by Crippen LogP contribution is 2.31. The zero-order chi connectivity index (χ0) is 12.4. The highest BCUT2D eigenvalue weighted by molar-refractivity contribution is 6.29. The van der Waals surface area contributed by atoms with Crippen LogP contribution in [0, 0.1) is 0 Å². The highest BCUT2D eigenvalue weighted by Gasteiger charge is 2.12. The first-order chi connectivity index (χ1) is 8.84. The third-order valence-corrected chi connectivity index (χ3v) is 2.78. The summed E-state index contributed by atoms with van der Waals surface area (Å²) in [7, 11) is 0. The number of furan rings is 1. The van der Waals surface area contributed by atoms with Gasteiger partial charge in [0.1, 0.15) is 11.5 Å². The Morgan fingerprint density at radius 2 is 1.78 bits per heavy atom. The van der Waals surface area contributed by atoms with E-state index < -0.39 is 0 Å². The number of hydrogen-bond acceptors (Lipinski definition) is 3. The predicted octanol–water partition coefficient (Wildman–Crippen LogP) is 4.06. The van der Waals surface area contributed by atoms with Crippen molar-refractivity contribution in [1.29, 1.82) is 0 Å². The maximum absolute atomic E-state index is 5.91. The van der Waals surface area contributed by atoms with Gasteiger partial charge >= 0.3 is 0 Å². The van der Waals surface area contributed by atoms with E-state index in [9.17, 15) is 0 Å². The molecule has 0 atom stereocenters.